The van der Waals surface area contributed by atoms with E-state index in [9.17, 15) is 13.2 Å². The zero-order chi connectivity index (χ0) is 13.6. The molecular weight excluding hydrogens is 239 g/mol. The van der Waals surface area contributed by atoms with Crippen LogP contribution in [0.15, 0.2) is 24.4 Å². The van der Waals surface area contributed by atoms with Crippen molar-refractivity contribution < 1.29 is 13.2 Å². The Morgan fingerprint density at radius 3 is 2.33 bits per heavy atom. The number of hydrogen-bond donors (Lipinski definition) is 1. The number of fused-ring (bicyclic) bond motifs is 1. The molecular formula is C14H16F3N. The Hall–Kier alpha value is -1.45. The monoisotopic (exact) mass is 255 g/mol. The lowest BCUT2D eigenvalue weighted by molar-refractivity contribution is -0.138. The third-order valence-electron chi connectivity index (χ3n) is 3.61. The highest BCUT2D eigenvalue weighted by Gasteiger charge is 2.37. The molecule has 0 saturated heterocycles. The van der Waals surface area contributed by atoms with Crippen LogP contribution in [0, 0.1) is 0 Å². The molecule has 1 aromatic heterocycles. The molecule has 98 valence electrons. The third-order valence-corrected chi connectivity index (χ3v) is 3.61. The molecule has 2 rings (SSSR count). The number of alkyl halides is 3. The van der Waals surface area contributed by atoms with Gasteiger partial charge in [-0.2, -0.15) is 13.2 Å². The highest BCUT2D eigenvalue weighted by Crippen LogP contribution is 2.40. The van der Waals surface area contributed by atoms with E-state index in [1.54, 1.807) is 18.3 Å². The lowest BCUT2D eigenvalue weighted by Crippen LogP contribution is -2.22. The summed E-state index contributed by atoms with van der Waals surface area (Å²) in [4.78, 5) is 2.97. The summed E-state index contributed by atoms with van der Waals surface area (Å²) in [6.07, 6.45) is -2.00. The maximum Gasteiger partial charge on any atom is 0.416 e. The van der Waals surface area contributed by atoms with Gasteiger partial charge in [-0.1, -0.05) is 20.8 Å². The van der Waals surface area contributed by atoms with E-state index in [4.69, 9.17) is 0 Å². The van der Waals surface area contributed by atoms with E-state index in [1.165, 1.54) is 6.07 Å². The Morgan fingerprint density at radius 2 is 1.78 bits per heavy atom. The Labute approximate surface area is 104 Å². The molecule has 0 fully saturated rings. The smallest absolute Gasteiger partial charge is 0.361 e. The molecule has 0 unspecified atom stereocenters. The summed E-state index contributed by atoms with van der Waals surface area (Å²) >= 11 is 0. The van der Waals surface area contributed by atoms with Gasteiger partial charge >= 0.3 is 6.18 Å². The first kappa shape index (κ1) is 13.0. The quantitative estimate of drug-likeness (QED) is 0.787. The van der Waals surface area contributed by atoms with Gasteiger partial charge in [0.05, 0.1) is 5.56 Å². The Balaban J connectivity index is 2.75. The fourth-order valence-electron chi connectivity index (χ4n) is 2.09. The van der Waals surface area contributed by atoms with Crippen molar-refractivity contribution in [2.24, 2.45) is 0 Å². The van der Waals surface area contributed by atoms with Crippen LogP contribution in [-0.2, 0) is 11.6 Å². The van der Waals surface area contributed by atoms with Crippen LogP contribution < -0.4 is 0 Å². The Kier molecular flexibility index (Phi) is 2.92. The van der Waals surface area contributed by atoms with E-state index < -0.39 is 17.2 Å². The van der Waals surface area contributed by atoms with Crippen molar-refractivity contribution in [1.29, 1.82) is 0 Å². The van der Waals surface area contributed by atoms with Gasteiger partial charge in [0.15, 0.2) is 0 Å². The van der Waals surface area contributed by atoms with Gasteiger partial charge in [0.2, 0.25) is 0 Å². The Morgan fingerprint density at radius 1 is 1.11 bits per heavy atom. The topological polar surface area (TPSA) is 15.8 Å². The van der Waals surface area contributed by atoms with E-state index in [2.05, 4.69) is 4.98 Å². The number of H-pyrrole nitrogens is 1. The maximum absolute atomic E-state index is 13.1. The third kappa shape index (κ3) is 2.11. The summed E-state index contributed by atoms with van der Waals surface area (Å²) < 4.78 is 39.4. The molecule has 0 atom stereocenters. The van der Waals surface area contributed by atoms with Crippen LogP contribution in [0.5, 0.6) is 0 Å². The van der Waals surface area contributed by atoms with Gasteiger partial charge in [-0.3, -0.25) is 0 Å². The van der Waals surface area contributed by atoms with Crippen LogP contribution in [0.2, 0.25) is 0 Å². The van der Waals surface area contributed by atoms with Gasteiger partial charge in [0.25, 0.3) is 0 Å². The Bertz CT molecular complexity index is 564. The molecule has 0 saturated carbocycles. The zero-order valence-corrected chi connectivity index (χ0v) is 10.7. The summed E-state index contributed by atoms with van der Waals surface area (Å²) in [5, 5.41) is 0.595. The van der Waals surface area contributed by atoms with Gasteiger partial charge < -0.3 is 4.98 Å². The second-order valence-electron chi connectivity index (χ2n) is 5.20. The standard InChI is InChI=1S/C14H16F3N/c1-4-13(2,3)10-8-12-9(5-6-18-12)7-11(10)14(15,16)17/h5-8,18H,4H2,1-3H3. The molecule has 0 spiro atoms. The first-order valence-electron chi connectivity index (χ1n) is 5.94. The average Bonchev–Trinajstić information content (AvgIpc) is 2.73. The summed E-state index contributed by atoms with van der Waals surface area (Å²) in [5.74, 6) is 0. The summed E-state index contributed by atoms with van der Waals surface area (Å²) in [6, 6.07) is 4.52. The molecule has 0 amide bonds. The molecule has 1 nitrogen and oxygen atoms in total. The van der Waals surface area contributed by atoms with Crippen molar-refractivity contribution in [2.75, 3.05) is 0 Å². The lowest BCUT2D eigenvalue weighted by atomic mass is 9.79. The molecule has 1 N–H and O–H groups in total. The first-order valence-corrected chi connectivity index (χ1v) is 5.94. The van der Waals surface area contributed by atoms with Gasteiger partial charge in [-0.25, -0.2) is 0 Å². The van der Waals surface area contributed by atoms with Crippen molar-refractivity contribution in [1.82, 2.24) is 4.98 Å². The number of hydrogen-bond acceptors (Lipinski definition) is 0. The van der Waals surface area contributed by atoms with Crippen molar-refractivity contribution in [3.05, 3.63) is 35.5 Å². The van der Waals surface area contributed by atoms with Crippen LogP contribution in [0.3, 0.4) is 0 Å². The number of benzene rings is 1. The minimum Gasteiger partial charge on any atom is -0.361 e. The number of halogens is 3. The molecule has 0 aliphatic heterocycles. The molecule has 4 heteroatoms. The highest BCUT2D eigenvalue weighted by molar-refractivity contribution is 5.81. The van der Waals surface area contributed by atoms with Crippen LogP contribution >= 0.6 is 0 Å². The minimum atomic E-state index is -4.31. The molecule has 1 aromatic carbocycles. The second kappa shape index (κ2) is 4.04. The minimum absolute atomic E-state index is 0.354. The van der Waals surface area contributed by atoms with Crippen molar-refractivity contribution >= 4 is 10.9 Å². The fraction of sp³-hybridized carbons (Fsp3) is 0.429. The largest absolute Gasteiger partial charge is 0.416 e. The van der Waals surface area contributed by atoms with Crippen molar-refractivity contribution in [3.63, 3.8) is 0 Å². The van der Waals surface area contributed by atoms with Gasteiger partial charge in [0.1, 0.15) is 0 Å². The second-order valence-corrected chi connectivity index (χ2v) is 5.20. The molecule has 0 aliphatic rings. The van der Waals surface area contributed by atoms with Crippen LogP contribution in [0.4, 0.5) is 13.2 Å². The fourth-order valence-corrected chi connectivity index (χ4v) is 2.09. The molecule has 2 aromatic rings. The van der Waals surface area contributed by atoms with Crippen LogP contribution in [-0.4, -0.2) is 4.98 Å². The van der Waals surface area contributed by atoms with E-state index in [0.29, 0.717) is 17.4 Å². The van der Waals surface area contributed by atoms with Gasteiger partial charge in [-0.05, 0) is 41.0 Å². The lowest BCUT2D eigenvalue weighted by Gasteiger charge is -2.27. The number of rotatable bonds is 2. The normalized spacial score (nSPS) is 13.2. The average molecular weight is 255 g/mol. The predicted octanol–water partition coefficient (Wildman–Crippen LogP) is 4.87. The predicted molar refractivity (Wildman–Crippen MR) is 66.6 cm³/mol. The molecule has 18 heavy (non-hydrogen) atoms. The van der Waals surface area contributed by atoms with Crippen molar-refractivity contribution in [2.45, 2.75) is 38.8 Å². The number of nitrogens with one attached hydrogen (secondary N) is 1. The van der Waals surface area contributed by atoms with Gasteiger partial charge in [-0.15, -0.1) is 0 Å². The summed E-state index contributed by atoms with van der Waals surface area (Å²) in [5.41, 5.74) is 0.0814. The molecule has 0 aliphatic carbocycles. The van der Waals surface area contributed by atoms with E-state index in [-0.39, 0.29) is 0 Å². The SMILES string of the molecule is CCC(C)(C)c1cc2[nH]ccc2cc1C(F)(F)F. The van der Waals surface area contributed by atoms with Crippen LogP contribution in [0.1, 0.15) is 38.3 Å². The summed E-state index contributed by atoms with van der Waals surface area (Å²) in [7, 11) is 0. The number of aromatic nitrogens is 1. The first-order chi connectivity index (χ1) is 8.25. The molecule has 1 heterocycles. The van der Waals surface area contributed by atoms with Crippen LogP contribution in [0.25, 0.3) is 10.9 Å². The van der Waals surface area contributed by atoms with Crippen molar-refractivity contribution in [3.8, 4) is 0 Å². The van der Waals surface area contributed by atoms with Gasteiger partial charge in [0, 0.05) is 11.7 Å². The summed E-state index contributed by atoms with van der Waals surface area (Å²) in [6.45, 7) is 5.58. The molecule has 0 bridgehead atoms. The number of aromatic amines is 1. The molecule has 0 radical (unpaired) electrons. The highest BCUT2D eigenvalue weighted by atomic mass is 19.4. The maximum atomic E-state index is 13.1. The van der Waals surface area contributed by atoms with E-state index in [1.807, 2.05) is 20.8 Å². The van der Waals surface area contributed by atoms with E-state index in [0.717, 1.165) is 5.52 Å². The van der Waals surface area contributed by atoms with E-state index >= 15 is 0 Å². The zero-order valence-electron chi connectivity index (χ0n) is 10.7.